The van der Waals surface area contributed by atoms with Crippen LogP contribution in [0.3, 0.4) is 0 Å². The normalized spacial score (nSPS) is 9.14. The molecule has 0 fully saturated rings. The topological polar surface area (TPSA) is 58.5 Å². The van der Waals surface area contributed by atoms with Crippen LogP contribution >= 0.6 is 0 Å². The molecule has 0 heterocycles. The van der Waals surface area contributed by atoms with Gasteiger partial charge in [-0.2, -0.15) is 0 Å². The molecule has 2 amide bonds. The Morgan fingerprint density at radius 2 is 1.93 bits per heavy atom. The van der Waals surface area contributed by atoms with E-state index in [1.54, 1.807) is 24.3 Å². The number of anilines is 1. The Bertz CT molecular complexity index is 351. The van der Waals surface area contributed by atoms with E-state index in [0.717, 1.165) is 0 Å². The Kier molecular flexibility index (Phi) is 3.87. The second kappa shape index (κ2) is 5.18. The summed E-state index contributed by atoms with van der Waals surface area (Å²) < 4.78 is 2.95. The van der Waals surface area contributed by atoms with Crippen molar-refractivity contribution in [3.05, 3.63) is 30.3 Å². The fourth-order valence-electron chi connectivity index (χ4n) is 0.896. The molecule has 72 valence electrons. The molecule has 0 unspecified atom stereocenters. The minimum atomic E-state index is -0.603. The zero-order valence-corrected chi connectivity index (χ0v) is 8.08. The number of rotatable bonds is 3. The van der Waals surface area contributed by atoms with Crippen molar-refractivity contribution in [1.82, 2.24) is 0 Å². The van der Waals surface area contributed by atoms with Gasteiger partial charge in [0.05, 0.1) is 0 Å². The molecule has 0 atom stereocenters. The molecule has 0 spiro atoms. The lowest BCUT2D eigenvalue weighted by atomic mass is 10.3. The molecule has 1 aromatic carbocycles. The monoisotopic (exact) mass is 208 g/mol. The van der Waals surface area contributed by atoms with Gasteiger partial charge < -0.3 is 5.32 Å². The van der Waals surface area contributed by atoms with Crippen LogP contribution in [0.2, 0.25) is 0 Å². The van der Waals surface area contributed by atoms with Crippen LogP contribution in [0.25, 0.3) is 0 Å². The number of amides is 2. The Morgan fingerprint density at radius 3 is 2.50 bits per heavy atom. The summed E-state index contributed by atoms with van der Waals surface area (Å²) in [5.74, 6) is -1.01. The first kappa shape index (κ1) is 10.5. The second-order valence-corrected chi connectivity index (χ2v) is 2.76. The first-order valence-corrected chi connectivity index (χ1v) is 4.30. The highest BCUT2D eigenvalue weighted by molar-refractivity contribution is 7.47. The van der Waals surface area contributed by atoms with E-state index in [-0.39, 0.29) is 6.42 Å². The third kappa shape index (κ3) is 3.40. The number of carbonyl (C=O) groups excluding carboxylic acids is 2. The Labute approximate surface area is 86.5 Å². The van der Waals surface area contributed by atoms with Gasteiger partial charge >= 0.3 is 0 Å². The van der Waals surface area contributed by atoms with Crippen molar-refractivity contribution in [2.24, 2.45) is 4.36 Å². The van der Waals surface area contributed by atoms with Crippen LogP contribution < -0.4 is 5.32 Å². The molecule has 14 heavy (non-hydrogen) atoms. The average Bonchev–Trinajstić information content (AvgIpc) is 2.19. The van der Waals surface area contributed by atoms with E-state index in [0.29, 0.717) is 5.69 Å². The van der Waals surface area contributed by atoms with E-state index >= 15 is 0 Å². The van der Waals surface area contributed by atoms with Gasteiger partial charge in [-0.25, -0.2) is 0 Å². The van der Waals surface area contributed by atoms with Gasteiger partial charge in [-0.1, -0.05) is 18.2 Å². The van der Waals surface area contributed by atoms with E-state index < -0.39 is 11.8 Å². The van der Waals surface area contributed by atoms with Gasteiger partial charge in [0.2, 0.25) is 5.91 Å². The zero-order chi connectivity index (χ0) is 10.4. The van der Waals surface area contributed by atoms with Crippen LogP contribution in [0.15, 0.2) is 34.7 Å². The molecule has 0 aliphatic carbocycles. The van der Waals surface area contributed by atoms with E-state index in [2.05, 4.69) is 22.1 Å². The highest BCUT2D eigenvalue weighted by Crippen LogP contribution is 2.05. The second-order valence-electron chi connectivity index (χ2n) is 2.58. The standard InChI is InChI=1S/C9H8N2O2S/c12-8(6-9(13)11-14)10-7-4-2-1-3-5-7/h1-5H,6H2,(H,10,12). The summed E-state index contributed by atoms with van der Waals surface area (Å²) in [4.78, 5) is 21.8. The molecular weight excluding hydrogens is 200 g/mol. The van der Waals surface area contributed by atoms with Crippen molar-refractivity contribution in [3.8, 4) is 0 Å². The van der Waals surface area contributed by atoms with Gasteiger partial charge in [-0.15, -0.1) is 4.36 Å². The van der Waals surface area contributed by atoms with Crippen LogP contribution in [0.1, 0.15) is 6.42 Å². The largest absolute Gasteiger partial charge is 0.326 e. The lowest BCUT2D eigenvalue weighted by molar-refractivity contribution is -0.124. The maximum Gasteiger partial charge on any atom is 0.266 e. The zero-order valence-electron chi connectivity index (χ0n) is 7.27. The smallest absolute Gasteiger partial charge is 0.266 e. The SMILES string of the molecule is O=C(CC(=O)Nc1ccccc1)N=S. The van der Waals surface area contributed by atoms with Crippen molar-refractivity contribution in [1.29, 1.82) is 0 Å². The summed E-state index contributed by atoms with van der Waals surface area (Å²) in [5.41, 5.74) is 0.648. The highest BCUT2D eigenvalue weighted by atomic mass is 32.1. The lowest BCUT2D eigenvalue weighted by Gasteiger charge is -2.01. The Balaban J connectivity index is 2.50. The average molecular weight is 208 g/mol. The first-order chi connectivity index (χ1) is 6.72. The molecule has 5 heteroatoms. The summed E-state index contributed by atoms with van der Waals surface area (Å²) in [5, 5.41) is 2.54. The molecular formula is C9H8N2O2S. The molecule has 0 radical (unpaired) electrons. The predicted molar refractivity (Wildman–Crippen MR) is 54.5 cm³/mol. The van der Waals surface area contributed by atoms with Crippen molar-refractivity contribution in [2.75, 3.05) is 5.32 Å². The van der Waals surface area contributed by atoms with Gasteiger partial charge in [0.25, 0.3) is 5.91 Å². The van der Waals surface area contributed by atoms with Crippen LogP contribution in [0.5, 0.6) is 0 Å². The number of hydrogen-bond acceptors (Lipinski definition) is 3. The molecule has 0 saturated carbocycles. The third-order valence-electron chi connectivity index (χ3n) is 1.47. The fraction of sp³-hybridized carbons (Fsp3) is 0.111. The molecule has 0 saturated heterocycles. The van der Waals surface area contributed by atoms with Gasteiger partial charge in [0.15, 0.2) is 0 Å². The molecule has 0 bridgehead atoms. The number of hydrogen-bond donors (Lipinski definition) is 1. The van der Waals surface area contributed by atoms with E-state index in [1.165, 1.54) is 0 Å². The van der Waals surface area contributed by atoms with Crippen LogP contribution in [0, 0.1) is 0 Å². The molecule has 1 N–H and O–H groups in total. The first-order valence-electron chi connectivity index (χ1n) is 3.93. The summed E-state index contributed by atoms with van der Waals surface area (Å²) in [7, 11) is 0. The Hall–Kier alpha value is -1.62. The summed E-state index contributed by atoms with van der Waals surface area (Å²) in [6, 6.07) is 8.86. The van der Waals surface area contributed by atoms with E-state index in [9.17, 15) is 9.59 Å². The minimum absolute atomic E-state index is 0.307. The molecule has 0 aliphatic rings. The third-order valence-corrected chi connectivity index (χ3v) is 1.67. The Morgan fingerprint density at radius 1 is 1.29 bits per heavy atom. The van der Waals surface area contributed by atoms with Crippen molar-refractivity contribution in [2.45, 2.75) is 6.42 Å². The minimum Gasteiger partial charge on any atom is -0.326 e. The van der Waals surface area contributed by atoms with Crippen LogP contribution in [-0.2, 0) is 22.0 Å². The van der Waals surface area contributed by atoms with E-state index in [4.69, 9.17) is 0 Å². The van der Waals surface area contributed by atoms with Crippen molar-refractivity contribution < 1.29 is 9.59 Å². The summed E-state index contributed by atoms with van der Waals surface area (Å²) >= 11 is 4.15. The number of nitrogens with zero attached hydrogens (tertiary/aromatic N) is 1. The van der Waals surface area contributed by atoms with Gasteiger partial charge in [0, 0.05) is 18.1 Å². The number of nitrogens with one attached hydrogen (secondary N) is 1. The molecule has 4 nitrogen and oxygen atoms in total. The number of benzene rings is 1. The molecule has 1 aromatic rings. The fourth-order valence-corrected chi connectivity index (χ4v) is 0.961. The maximum absolute atomic E-state index is 11.1. The van der Waals surface area contributed by atoms with Crippen molar-refractivity contribution >= 4 is 29.9 Å². The van der Waals surface area contributed by atoms with E-state index in [1.807, 2.05) is 6.07 Å². The summed E-state index contributed by atoms with van der Waals surface area (Å²) in [6.07, 6.45) is -0.307. The predicted octanol–water partition coefficient (Wildman–Crippen LogP) is 1.27. The van der Waals surface area contributed by atoms with Crippen LogP contribution in [-0.4, -0.2) is 11.8 Å². The molecule has 0 aliphatic heterocycles. The van der Waals surface area contributed by atoms with Crippen LogP contribution in [0.4, 0.5) is 5.69 Å². The van der Waals surface area contributed by atoms with Gasteiger partial charge in [-0.3, -0.25) is 9.59 Å². The number of para-hydroxylation sites is 1. The molecule has 1 rings (SSSR count). The van der Waals surface area contributed by atoms with Gasteiger partial charge in [0.1, 0.15) is 6.42 Å². The quantitative estimate of drug-likeness (QED) is 0.761. The van der Waals surface area contributed by atoms with Crippen molar-refractivity contribution in [3.63, 3.8) is 0 Å². The maximum atomic E-state index is 11.1. The highest BCUT2D eigenvalue weighted by Gasteiger charge is 2.07. The van der Waals surface area contributed by atoms with Gasteiger partial charge in [-0.05, 0) is 12.1 Å². The molecule has 0 aromatic heterocycles. The lowest BCUT2D eigenvalue weighted by Crippen LogP contribution is -2.14. The number of carbonyl (C=O) groups is 2. The summed E-state index contributed by atoms with van der Waals surface area (Å²) in [6.45, 7) is 0.